The van der Waals surface area contributed by atoms with Crippen LogP contribution in [0.15, 0.2) is 24.0 Å². The third kappa shape index (κ3) is 3.18. The van der Waals surface area contributed by atoms with Gasteiger partial charge in [-0.1, -0.05) is 39.8 Å². The molecule has 4 atom stereocenters. The largest absolute Gasteiger partial charge is 0.501 e. The van der Waals surface area contributed by atoms with Gasteiger partial charge in [0, 0.05) is 5.92 Å². The third-order valence-corrected chi connectivity index (χ3v) is 5.02. The normalized spacial score (nSPS) is 31.3. The molecule has 0 aromatic carbocycles. The van der Waals surface area contributed by atoms with E-state index in [2.05, 4.69) is 46.1 Å². The van der Waals surface area contributed by atoms with Gasteiger partial charge in [-0.3, -0.25) is 0 Å². The summed E-state index contributed by atoms with van der Waals surface area (Å²) in [5.41, 5.74) is 1.52. The molecule has 18 heavy (non-hydrogen) atoms. The summed E-state index contributed by atoms with van der Waals surface area (Å²) in [4.78, 5) is 0. The first kappa shape index (κ1) is 13.7. The average molecular weight is 248 g/mol. The van der Waals surface area contributed by atoms with Crippen molar-refractivity contribution in [2.24, 2.45) is 29.6 Å². The van der Waals surface area contributed by atoms with Crippen molar-refractivity contribution in [3.8, 4) is 0 Å². The van der Waals surface area contributed by atoms with E-state index in [1.807, 2.05) is 0 Å². The Morgan fingerprint density at radius 3 is 2.61 bits per heavy atom. The molecule has 102 valence electrons. The van der Waals surface area contributed by atoms with Gasteiger partial charge in [0.2, 0.25) is 0 Å². The Labute approximate surface area is 112 Å². The first-order valence-electron chi connectivity index (χ1n) is 7.56. The molecule has 0 amide bonds. The van der Waals surface area contributed by atoms with Crippen LogP contribution in [0.5, 0.6) is 0 Å². The first-order valence-corrected chi connectivity index (χ1v) is 7.56. The van der Waals surface area contributed by atoms with E-state index in [4.69, 9.17) is 4.74 Å². The second-order valence-electron chi connectivity index (χ2n) is 6.62. The van der Waals surface area contributed by atoms with Gasteiger partial charge in [-0.05, 0) is 48.5 Å². The van der Waals surface area contributed by atoms with Gasteiger partial charge in [0.25, 0.3) is 0 Å². The van der Waals surface area contributed by atoms with Gasteiger partial charge in [0.15, 0.2) is 0 Å². The molecule has 1 nitrogen and oxygen atoms in total. The molecule has 1 saturated carbocycles. The maximum Gasteiger partial charge on any atom is 0.0875 e. The molecule has 0 aliphatic heterocycles. The number of hydrogen-bond acceptors (Lipinski definition) is 1. The monoisotopic (exact) mass is 248 g/mol. The van der Waals surface area contributed by atoms with Crippen molar-refractivity contribution in [1.29, 1.82) is 0 Å². The highest BCUT2D eigenvalue weighted by Gasteiger charge is 2.30. The molecule has 2 aliphatic carbocycles. The van der Waals surface area contributed by atoms with Crippen LogP contribution in [0, 0.1) is 29.6 Å². The molecule has 4 unspecified atom stereocenters. The lowest BCUT2D eigenvalue weighted by atomic mass is 9.84. The van der Waals surface area contributed by atoms with Gasteiger partial charge in [-0.2, -0.15) is 0 Å². The van der Waals surface area contributed by atoms with Crippen molar-refractivity contribution in [2.45, 2.75) is 47.0 Å². The zero-order valence-corrected chi connectivity index (χ0v) is 12.4. The van der Waals surface area contributed by atoms with Gasteiger partial charge in [-0.25, -0.2) is 0 Å². The molecule has 0 N–H and O–H groups in total. The molecular formula is C17H28O. The highest BCUT2D eigenvalue weighted by atomic mass is 16.5. The quantitative estimate of drug-likeness (QED) is 0.373. The summed E-state index contributed by atoms with van der Waals surface area (Å²) in [7, 11) is 0. The van der Waals surface area contributed by atoms with Gasteiger partial charge in [0.1, 0.15) is 0 Å². The lowest BCUT2D eigenvalue weighted by Crippen LogP contribution is -2.15. The number of ether oxygens (including phenoxy) is 1. The SMILES string of the molecule is CC(C)C(C)C(C)CCOC=C1CC2C=CC1C2. The van der Waals surface area contributed by atoms with Crippen LogP contribution in [0.4, 0.5) is 0 Å². The van der Waals surface area contributed by atoms with E-state index in [0.717, 1.165) is 30.3 Å². The summed E-state index contributed by atoms with van der Waals surface area (Å²) >= 11 is 0. The van der Waals surface area contributed by atoms with Gasteiger partial charge in [0.05, 0.1) is 12.9 Å². The van der Waals surface area contributed by atoms with Crippen molar-refractivity contribution in [1.82, 2.24) is 0 Å². The fraction of sp³-hybridized carbons (Fsp3) is 0.765. The number of hydrogen-bond donors (Lipinski definition) is 0. The van der Waals surface area contributed by atoms with Crippen LogP contribution >= 0.6 is 0 Å². The Morgan fingerprint density at radius 2 is 2.06 bits per heavy atom. The van der Waals surface area contributed by atoms with Crippen molar-refractivity contribution < 1.29 is 4.74 Å². The summed E-state index contributed by atoms with van der Waals surface area (Å²) in [6.07, 6.45) is 10.5. The van der Waals surface area contributed by atoms with Crippen LogP contribution in [0.3, 0.4) is 0 Å². The smallest absolute Gasteiger partial charge is 0.0875 e. The van der Waals surface area contributed by atoms with E-state index in [1.165, 1.54) is 24.8 Å². The summed E-state index contributed by atoms with van der Waals surface area (Å²) in [5, 5.41) is 0. The second-order valence-corrected chi connectivity index (χ2v) is 6.62. The zero-order chi connectivity index (χ0) is 13.1. The lowest BCUT2D eigenvalue weighted by molar-refractivity contribution is 0.187. The van der Waals surface area contributed by atoms with E-state index < -0.39 is 0 Å². The van der Waals surface area contributed by atoms with Gasteiger partial charge < -0.3 is 4.74 Å². The molecule has 0 aromatic heterocycles. The molecule has 1 fully saturated rings. The Hall–Kier alpha value is -0.720. The van der Waals surface area contributed by atoms with E-state index in [1.54, 1.807) is 0 Å². The minimum Gasteiger partial charge on any atom is -0.501 e. The van der Waals surface area contributed by atoms with Crippen molar-refractivity contribution in [2.75, 3.05) is 6.61 Å². The molecule has 2 rings (SSSR count). The topological polar surface area (TPSA) is 9.23 Å². The third-order valence-electron chi connectivity index (χ3n) is 5.02. The minimum absolute atomic E-state index is 0.696. The fourth-order valence-electron chi connectivity index (χ4n) is 3.13. The summed E-state index contributed by atoms with van der Waals surface area (Å²) in [6, 6.07) is 0. The predicted molar refractivity (Wildman–Crippen MR) is 77.2 cm³/mol. The summed E-state index contributed by atoms with van der Waals surface area (Å²) < 4.78 is 5.77. The number of fused-ring (bicyclic) bond motifs is 2. The Morgan fingerprint density at radius 1 is 1.28 bits per heavy atom. The van der Waals surface area contributed by atoms with Crippen LogP contribution in [0.1, 0.15) is 47.0 Å². The molecule has 2 bridgehead atoms. The molecule has 0 radical (unpaired) electrons. The molecule has 0 spiro atoms. The van der Waals surface area contributed by atoms with Crippen LogP contribution < -0.4 is 0 Å². The molecule has 2 aliphatic rings. The molecule has 0 heterocycles. The van der Waals surface area contributed by atoms with E-state index in [-0.39, 0.29) is 0 Å². The zero-order valence-electron chi connectivity index (χ0n) is 12.4. The summed E-state index contributed by atoms with van der Waals surface area (Å²) in [5.74, 6) is 3.82. The lowest BCUT2D eigenvalue weighted by Gasteiger charge is -2.23. The van der Waals surface area contributed by atoms with Crippen molar-refractivity contribution in [3.63, 3.8) is 0 Å². The molecule has 0 aromatic rings. The van der Waals surface area contributed by atoms with Crippen molar-refractivity contribution >= 4 is 0 Å². The maximum absolute atomic E-state index is 5.77. The standard InChI is InChI=1S/C17H28O/c1-12(2)14(4)13(3)7-8-18-11-17-10-15-5-6-16(17)9-15/h5-6,11-16H,7-10H2,1-4H3. The van der Waals surface area contributed by atoms with Gasteiger partial charge in [-0.15, -0.1) is 0 Å². The van der Waals surface area contributed by atoms with Crippen LogP contribution in [-0.2, 0) is 4.74 Å². The van der Waals surface area contributed by atoms with E-state index >= 15 is 0 Å². The van der Waals surface area contributed by atoms with E-state index in [0.29, 0.717) is 5.92 Å². The highest BCUT2D eigenvalue weighted by Crippen LogP contribution is 2.42. The number of allylic oxidation sites excluding steroid dienone is 3. The predicted octanol–water partition coefficient (Wildman–Crippen LogP) is 4.80. The molecular weight excluding hydrogens is 220 g/mol. The highest BCUT2D eigenvalue weighted by molar-refractivity contribution is 5.25. The molecule has 1 heteroatoms. The summed E-state index contributed by atoms with van der Waals surface area (Å²) in [6.45, 7) is 10.2. The fourth-order valence-corrected chi connectivity index (χ4v) is 3.13. The average Bonchev–Trinajstić information content (AvgIpc) is 2.95. The Balaban J connectivity index is 1.67. The first-order chi connectivity index (χ1) is 8.58. The Kier molecular flexibility index (Phi) is 4.53. The van der Waals surface area contributed by atoms with Crippen LogP contribution in [-0.4, -0.2) is 6.61 Å². The van der Waals surface area contributed by atoms with Crippen molar-refractivity contribution in [3.05, 3.63) is 24.0 Å². The van der Waals surface area contributed by atoms with Gasteiger partial charge >= 0.3 is 0 Å². The second kappa shape index (κ2) is 5.95. The maximum atomic E-state index is 5.77. The van der Waals surface area contributed by atoms with Crippen LogP contribution in [0.25, 0.3) is 0 Å². The Bertz CT molecular complexity index is 327. The number of rotatable bonds is 6. The molecule has 0 saturated heterocycles. The van der Waals surface area contributed by atoms with E-state index in [9.17, 15) is 0 Å². The minimum atomic E-state index is 0.696. The van der Waals surface area contributed by atoms with Crippen LogP contribution in [0.2, 0.25) is 0 Å².